The molecule has 0 bridgehead atoms. The zero-order valence-electron chi connectivity index (χ0n) is 10.3. The second-order valence-corrected chi connectivity index (χ2v) is 4.87. The first kappa shape index (κ1) is 14.1. The molecule has 1 aliphatic rings. The lowest BCUT2D eigenvalue weighted by molar-refractivity contribution is -0.185. The van der Waals surface area contributed by atoms with Gasteiger partial charge in [-0.3, -0.25) is 4.90 Å². The van der Waals surface area contributed by atoms with Crippen molar-refractivity contribution in [3.05, 3.63) is 29.6 Å². The summed E-state index contributed by atoms with van der Waals surface area (Å²) < 4.78 is 50.6. The highest BCUT2D eigenvalue weighted by molar-refractivity contribution is 5.32. The Morgan fingerprint density at radius 1 is 1.21 bits per heavy atom. The number of hydrogen-bond donors (Lipinski definition) is 1. The largest absolute Gasteiger partial charge is 0.508 e. The van der Waals surface area contributed by atoms with Crippen LogP contribution in [0.15, 0.2) is 18.2 Å². The van der Waals surface area contributed by atoms with Crippen molar-refractivity contribution in [1.29, 1.82) is 0 Å². The van der Waals surface area contributed by atoms with Crippen LogP contribution in [0.3, 0.4) is 0 Å². The van der Waals surface area contributed by atoms with E-state index in [-0.39, 0.29) is 25.1 Å². The molecule has 6 heteroatoms. The molecule has 1 heterocycles. The molecule has 2 rings (SSSR count). The lowest BCUT2D eigenvalue weighted by atomic mass is 9.96. The van der Waals surface area contributed by atoms with Gasteiger partial charge in [-0.2, -0.15) is 13.2 Å². The molecule has 1 N–H and O–H groups in total. The van der Waals surface area contributed by atoms with E-state index < -0.39 is 17.9 Å². The SMILES string of the molecule is Oc1ccc(F)cc1CN1CCC(C(F)(F)F)CC1. The molecule has 1 aromatic carbocycles. The highest BCUT2D eigenvalue weighted by Gasteiger charge is 2.40. The summed E-state index contributed by atoms with van der Waals surface area (Å²) in [4.78, 5) is 1.80. The van der Waals surface area contributed by atoms with Crippen LogP contribution < -0.4 is 0 Å². The summed E-state index contributed by atoms with van der Waals surface area (Å²) in [5, 5.41) is 9.57. The van der Waals surface area contributed by atoms with Crippen LogP contribution in [-0.4, -0.2) is 29.3 Å². The van der Waals surface area contributed by atoms with Crippen LogP contribution in [-0.2, 0) is 6.54 Å². The molecule has 0 unspecified atom stereocenters. The molecule has 1 aromatic rings. The third-order valence-corrected chi connectivity index (χ3v) is 3.49. The van der Waals surface area contributed by atoms with Crippen molar-refractivity contribution in [2.24, 2.45) is 5.92 Å². The monoisotopic (exact) mass is 277 g/mol. The van der Waals surface area contributed by atoms with Gasteiger partial charge in [-0.15, -0.1) is 0 Å². The average Bonchev–Trinajstić information content (AvgIpc) is 2.33. The molecule has 1 fully saturated rings. The molecule has 0 aromatic heterocycles. The molecule has 1 aliphatic heterocycles. The second kappa shape index (κ2) is 5.36. The molecule has 1 saturated heterocycles. The zero-order valence-corrected chi connectivity index (χ0v) is 10.3. The Hall–Kier alpha value is -1.30. The molecular formula is C13H15F4NO. The molecule has 0 spiro atoms. The predicted octanol–water partition coefficient (Wildman–Crippen LogP) is 3.31. The van der Waals surface area contributed by atoms with Gasteiger partial charge in [0.05, 0.1) is 5.92 Å². The highest BCUT2D eigenvalue weighted by Crippen LogP contribution is 2.34. The number of nitrogens with zero attached hydrogens (tertiary/aromatic N) is 1. The fourth-order valence-corrected chi connectivity index (χ4v) is 2.34. The smallest absolute Gasteiger partial charge is 0.391 e. The summed E-state index contributed by atoms with van der Waals surface area (Å²) >= 11 is 0. The first-order valence-corrected chi connectivity index (χ1v) is 6.12. The minimum Gasteiger partial charge on any atom is -0.508 e. The van der Waals surface area contributed by atoms with E-state index in [1.165, 1.54) is 12.1 Å². The van der Waals surface area contributed by atoms with E-state index in [9.17, 15) is 22.7 Å². The number of phenols is 1. The molecule has 0 saturated carbocycles. The van der Waals surface area contributed by atoms with Gasteiger partial charge in [0.15, 0.2) is 0 Å². The molecular weight excluding hydrogens is 262 g/mol. The molecule has 2 nitrogen and oxygen atoms in total. The van der Waals surface area contributed by atoms with Gasteiger partial charge < -0.3 is 5.11 Å². The first-order valence-electron chi connectivity index (χ1n) is 6.12. The van der Waals surface area contributed by atoms with Crippen LogP contribution in [0, 0.1) is 11.7 Å². The third-order valence-electron chi connectivity index (χ3n) is 3.49. The Labute approximate surface area is 108 Å². The maximum Gasteiger partial charge on any atom is 0.391 e. The topological polar surface area (TPSA) is 23.5 Å². The van der Waals surface area contributed by atoms with Crippen molar-refractivity contribution in [3.8, 4) is 5.75 Å². The third kappa shape index (κ3) is 3.59. The van der Waals surface area contributed by atoms with Crippen LogP contribution in [0.4, 0.5) is 17.6 Å². The predicted molar refractivity (Wildman–Crippen MR) is 62.1 cm³/mol. The summed E-state index contributed by atoms with van der Waals surface area (Å²) in [7, 11) is 0. The van der Waals surface area contributed by atoms with E-state index in [0.29, 0.717) is 18.7 Å². The van der Waals surface area contributed by atoms with Crippen LogP contribution in [0.25, 0.3) is 0 Å². The molecule has 0 aliphatic carbocycles. The van der Waals surface area contributed by atoms with Crippen molar-refractivity contribution in [3.63, 3.8) is 0 Å². The number of likely N-dealkylation sites (tertiary alicyclic amines) is 1. The number of hydrogen-bond acceptors (Lipinski definition) is 2. The van der Waals surface area contributed by atoms with Crippen molar-refractivity contribution in [2.75, 3.05) is 13.1 Å². The van der Waals surface area contributed by atoms with Crippen LogP contribution >= 0.6 is 0 Å². The lowest BCUT2D eigenvalue weighted by Crippen LogP contribution is -2.38. The van der Waals surface area contributed by atoms with Gasteiger partial charge in [0, 0.05) is 12.1 Å². The number of rotatable bonds is 2. The van der Waals surface area contributed by atoms with Crippen molar-refractivity contribution >= 4 is 0 Å². The standard InChI is InChI=1S/C13H15F4NO/c14-11-1-2-12(19)9(7-11)8-18-5-3-10(4-6-18)13(15,16)17/h1-2,7,10,19H,3-6,8H2. The number of benzene rings is 1. The summed E-state index contributed by atoms with van der Waals surface area (Å²) in [5.74, 6) is -1.73. The quantitative estimate of drug-likeness (QED) is 0.838. The van der Waals surface area contributed by atoms with Gasteiger partial charge in [0.25, 0.3) is 0 Å². The molecule has 19 heavy (non-hydrogen) atoms. The van der Waals surface area contributed by atoms with Crippen molar-refractivity contribution in [1.82, 2.24) is 4.90 Å². The lowest BCUT2D eigenvalue weighted by Gasteiger charge is -2.32. The normalized spacial score (nSPS) is 18.7. The van der Waals surface area contributed by atoms with E-state index in [0.717, 1.165) is 6.07 Å². The molecule has 0 amide bonds. The highest BCUT2D eigenvalue weighted by atomic mass is 19.4. The summed E-state index contributed by atoms with van der Waals surface area (Å²) in [6.07, 6.45) is -4.02. The summed E-state index contributed by atoms with van der Waals surface area (Å²) in [5.41, 5.74) is 0.408. The Morgan fingerprint density at radius 3 is 2.42 bits per heavy atom. The minimum atomic E-state index is -4.13. The van der Waals surface area contributed by atoms with Gasteiger partial charge in [-0.1, -0.05) is 0 Å². The van der Waals surface area contributed by atoms with Gasteiger partial charge in [0.1, 0.15) is 11.6 Å². The number of phenolic OH excluding ortho intramolecular Hbond substituents is 1. The fourth-order valence-electron chi connectivity index (χ4n) is 2.34. The Bertz CT molecular complexity index is 439. The molecule has 0 radical (unpaired) electrons. The Morgan fingerprint density at radius 2 is 1.84 bits per heavy atom. The zero-order chi connectivity index (χ0) is 14.0. The van der Waals surface area contributed by atoms with Crippen LogP contribution in [0.1, 0.15) is 18.4 Å². The number of piperidine rings is 1. The Kier molecular flexibility index (Phi) is 3.99. The molecule has 106 valence electrons. The van der Waals surface area contributed by atoms with Crippen molar-refractivity contribution < 1.29 is 22.7 Å². The minimum absolute atomic E-state index is 0.0284. The first-order chi connectivity index (χ1) is 8.86. The van der Waals surface area contributed by atoms with Crippen LogP contribution in [0.5, 0.6) is 5.75 Å². The number of alkyl halides is 3. The van der Waals surface area contributed by atoms with Gasteiger partial charge in [0.2, 0.25) is 0 Å². The van der Waals surface area contributed by atoms with E-state index in [1.807, 2.05) is 0 Å². The second-order valence-electron chi connectivity index (χ2n) is 4.87. The van der Waals surface area contributed by atoms with Gasteiger partial charge in [-0.25, -0.2) is 4.39 Å². The van der Waals surface area contributed by atoms with Gasteiger partial charge >= 0.3 is 6.18 Å². The van der Waals surface area contributed by atoms with Crippen molar-refractivity contribution in [2.45, 2.75) is 25.6 Å². The molecule has 0 atom stereocenters. The van der Waals surface area contributed by atoms with E-state index in [2.05, 4.69) is 0 Å². The van der Waals surface area contributed by atoms with Gasteiger partial charge in [-0.05, 0) is 44.1 Å². The number of halogens is 4. The maximum absolute atomic E-state index is 13.0. The average molecular weight is 277 g/mol. The van der Waals surface area contributed by atoms with Crippen LogP contribution in [0.2, 0.25) is 0 Å². The summed E-state index contributed by atoms with van der Waals surface area (Å²) in [6, 6.07) is 3.62. The van der Waals surface area contributed by atoms with E-state index in [1.54, 1.807) is 4.90 Å². The Balaban J connectivity index is 1.94. The number of aromatic hydroxyl groups is 1. The van der Waals surface area contributed by atoms with E-state index in [4.69, 9.17) is 0 Å². The summed E-state index contributed by atoms with van der Waals surface area (Å²) in [6.45, 7) is 0.883. The maximum atomic E-state index is 13.0. The fraction of sp³-hybridized carbons (Fsp3) is 0.538. The van der Waals surface area contributed by atoms with E-state index >= 15 is 0 Å².